The van der Waals surface area contributed by atoms with Crippen LogP contribution in [0.1, 0.15) is 99.8 Å². The van der Waals surface area contributed by atoms with Gasteiger partial charge in [-0.1, -0.05) is 80.2 Å². The molecule has 1 saturated heterocycles. The molecule has 292 valence electrons. The SMILES string of the molecule is C=CCNC(=O)C(=O)C(CCC)NC(=O)[C@@H]1C(C(C)C)CCN1C(=O)[C@@H](NC(=O)N[C@H](CN(C)S(=O)(=O)N(C)C)C(C)(C)C)C1(C)CCCCC1. The van der Waals surface area contributed by atoms with Crippen LogP contribution in [0.5, 0.6) is 0 Å². The lowest BCUT2D eigenvalue weighted by Gasteiger charge is -2.43. The highest BCUT2D eigenvalue weighted by Gasteiger charge is 2.50. The van der Waals surface area contributed by atoms with Gasteiger partial charge in [0.15, 0.2) is 0 Å². The summed E-state index contributed by atoms with van der Waals surface area (Å²) >= 11 is 0. The van der Waals surface area contributed by atoms with E-state index in [1.165, 1.54) is 31.5 Å². The minimum Gasteiger partial charge on any atom is -0.346 e. The van der Waals surface area contributed by atoms with Crippen molar-refractivity contribution in [3.05, 3.63) is 12.7 Å². The first kappa shape index (κ1) is 44.1. The number of hydrogen-bond donors (Lipinski definition) is 4. The second kappa shape index (κ2) is 18.6. The summed E-state index contributed by atoms with van der Waals surface area (Å²) in [5.74, 6) is -2.63. The largest absolute Gasteiger partial charge is 0.346 e. The summed E-state index contributed by atoms with van der Waals surface area (Å²) < 4.78 is 27.9. The van der Waals surface area contributed by atoms with E-state index < -0.39 is 68.8 Å². The smallest absolute Gasteiger partial charge is 0.315 e. The number of rotatable bonds is 17. The lowest BCUT2D eigenvalue weighted by atomic mass is 9.70. The fourth-order valence-corrected chi connectivity index (χ4v) is 8.06. The van der Waals surface area contributed by atoms with Crippen molar-refractivity contribution in [3.8, 4) is 0 Å². The molecule has 2 fully saturated rings. The second-order valence-electron chi connectivity index (χ2n) is 16.1. The quantitative estimate of drug-likeness (QED) is 0.131. The zero-order valence-corrected chi connectivity index (χ0v) is 33.5. The van der Waals surface area contributed by atoms with Gasteiger partial charge in [0.05, 0.1) is 6.04 Å². The standard InChI is InChI=1S/C36H65N7O7S/c1-12-17-26(29(44)32(46)37-21-13-2)38-31(45)28-25(24(3)4)18-22-43(28)33(47)30(36(8)19-15-14-16-20-36)40-34(48)39-27(35(5,6)7)23-42(11)51(49,50)41(9)10/h13,24-28,30H,2,12,14-23H2,1,3-11H3,(H,37,46)(H,38,45)(H2,39,40,48)/t25?,26?,27-,28+,30-/m1/s1. The molecular formula is C36H65N7O7S. The number of amides is 5. The van der Waals surface area contributed by atoms with E-state index in [1.807, 2.05) is 48.5 Å². The molecule has 4 N–H and O–H groups in total. The normalized spacial score (nSPS) is 21.2. The van der Waals surface area contributed by atoms with Gasteiger partial charge in [-0.05, 0) is 48.3 Å². The Balaban J connectivity index is 2.45. The van der Waals surface area contributed by atoms with Crippen LogP contribution in [-0.4, -0.2) is 116 Å². The van der Waals surface area contributed by atoms with Crippen LogP contribution in [0.3, 0.4) is 0 Å². The van der Waals surface area contributed by atoms with Crippen molar-refractivity contribution in [3.63, 3.8) is 0 Å². The van der Waals surface area contributed by atoms with Crippen LogP contribution in [0, 0.1) is 22.7 Å². The van der Waals surface area contributed by atoms with E-state index >= 15 is 0 Å². The summed E-state index contributed by atoms with van der Waals surface area (Å²) in [6.07, 6.45) is 6.98. The van der Waals surface area contributed by atoms with Crippen molar-refractivity contribution in [2.24, 2.45) is 22.7 Å². The molecule has 2 rings (SSSR count). The summed E-state index contributed by atoms with van der Waals surface area (Å²) in [5, 5.41) is 11.2. The van der Waals surface area contributed by atoms with Crippen LogP contribution in [0.2, 0.25) is 0 Å². The Morgan fingerprint density at radius 1 is 1.00 bits per heavy atom. The molecule has 0 aromatic rings. The molecule has 15 heteroatoms. The maximum atomic E-state index is 14.8. The molecule has 2 unspecified atom stereocenters. The topological polar surface area (TPSA) is 177 Å². The molecule has 0 aromatic carbocycles. The van der Waals surface area contributed by atoms with E-state index in [4.69, 9.17) is 0 Å². The van der Waals surface area contributed by atoms with E-state index in [9.17, 15) is 32.4 Å². The fraction of sp³-hybridized carbons (Fsp3) is 0.806. The minimum atomic E-state index is -3.75. The molecule has 2 aliphatic rings. The van der Waals surface area contributed by atoms with Crippen molar-refractivity contribution in [2.75, 3.05) is 40.8 Å². The van der Waals surface area contributed by atoms with E-state index in [-0.39, 0.29) is 37.3 Å². The molecule has 51 heavy (non-hydrogen) atoms. The third-order valence-corrected chi connectivity index (χ3v) is 12.4. The van der Waals surface area contributed by atoms with Crippen LogP contribution in [0.25, 0.3) is 0 Å². The predicted molar refractivity (Wildman–Crippen MR) is 199 cm³/mol. The average Bonchev–Trinajstić information content (AvgIpc) is 3.50. The van der Waals surface area contributed by atoms with E-state index in [1.54, 1.807) is 4.90 Å². The Bertz CT molecular complexity index is 1360. The number of hydrogen-bond acceptors (Lipinski definition) is 7. The molecule has 0 bridgehead atoms. The second-order valence-corrected chi connectivity index (χ2v) is 18.4. The predicted octanol–water partition coefficient (Wildman–Crippen LogP) is 2.81. The molecule has 14 nitrogen and oxygen atoms in total. The summed E-state index contributed by atoms with van der Waals surface area (Å²) in [7, 11) is 0.595. The molecular weight excluding hydrogens is 675 g/mol. The van der Waals surface area contributed by atoms with Crippen molar-refractivity contribution in [1.82, 2.24) is 34.8 Å². The maximum absolute atomic E-state index is 14.8. The van der Waals surface area contributed by atoms with Gasteiger partial charge in [0.25, 0.3) is 16.1 Å². The third-order valence-electron chi connectivity index (χ3n) is 10.6. The Kier molecular flexibility index (Phi) is 16.1. The zero-order chi connectivity index (χ0) is 38.9. The average molecular weight is 740 g/mol. The molecule has 0 spiro atoms. The van der Waals surface area contributed by atoms with Gasteiger partial charge in [-0.3, -0.25) is 19.2 Å². The van der Waals surface area contributed by atoms with Gasteiger partial charge in [0, 0.05) is 46.8 Å². The highest BCUT2D eigenvalue weighted by molar-refractivity contribution is 7.86. The number of carbonyl (C=O) groups excluding carboxylic acids is 5. The summed E-state index contributed by atoms with van der Waals surface area (Å²) in [5.41, 5.74) is -1.14. The summed E-state index contributed by atoms with van der Waals surface area (Å²) in [6.45, 7) is 17.5. The number of likely N-dealkylation sites (N-methyl/N-ethyl adjacent to an activating group) is 1. The first-order chi connectivity index (χ1) is 23.6. The molecule has 0 aromatic heterocycles. The molecule has 1 aliphatic carbocycles. The van der Waals surface area contributed by atoms with Crippen LogP contribution in [0.15, 0.2) is 12.7 Å². The molecule has 5 amide bonds. The van der Waals surface area contributed by atoms with Gasteiger partial charge in [-0.2, -0.15) is 17.0 Å². The number of ketones is 1. The van der Waals surface area contributed by atoms with Crippen molar-refractivity contribution in [2.45, 2.75) is 124 Å². The molecule has 1 heterocycles. The van der Waals surface area contributed by atoms with Gasteiger partial charge in [-0.25, -0.2) is 4.79 Å². The monoisotopic (exact) mass is 739 g/mol. The summed E-state index contributed by atoms with van der Waals surface area (Å²) in [6, 6.07) is -4.15. The summed E-state index contributed by atoms with van der Waals surface area (Å²) in [4.78, 5) is 69.9. The number of carbonyl (C=O) groups is 5. The zero-order valence-electron chi connectivity index (χ0n) is 32.6. The number of Topliss-reactive ketones (excluding diaryl/α,β-unsaturated/α-hetero) is 1. The van der Waals surface area contributed by atoms with Gasteiger partial charge in [0.1, 0.15) is 12.1 Å². The third kappa shape index (κ3) is 11.5. The minimum absolute atomic E-state index is 0.00100. The molecule has 1 saturated carbocycles. The van der Waals surface area contributed by atoms with Gasteiger partial charge < -0.3 is 26.2 Å². The first-order valence-electron chi connectivity index (χ1n) is 18.4. The van der Waals surface area contributed by atoms with Crippen molar-refractivity contribution in [1.29, 1.82) is 0 Å². The molecule has 0 radical (unpaired) electrons. The van der Waals surface area contributed by atoms with Crippen LogP contribution in [-0.2, 0) is 29.4 Å². The van der Waals surface area contributed by atoms with Crippen molar-refractivity contribution < 1.29 is 32.4 Å². The lowest BCUT2D eigenvalue weighted by molar-refractivity contribution is -0.145. The molecule has 1 aliphatic heterocycles. The Morgan fingerprint density at radius 2 is 1.61 bits per heavy atom. The Morgan fingerprint density at radius 3 is 2.12 bits per heavy atom. The maximum Gasteiger partial charge on any atom is 0.315 e. The number of likely N-dealkylation sites (tertiary alicyclic amines) is 1. The molecule has 5 atom stereocenters. The fourth-order valence-electron chi connectivity index (χ4n) is 7.17. The van der Waals surface area contributed by atoms with Crippen LogP contribution >= 0.6 is 0 Å². The van der Waals surface area contributed by atoms with Gasteiger partial charge >= 0.3 is 6.03 Å². The van der Waals surface area contributed by atoms with Crippen LogP contribution in [0.4, 0.5) is 4.79 Å². The number of urea groups is 1. The Hall–Kier alpha value is -3.04. The van der Waals surface area contributed by atoms with Gasteiger partial charge in [0.2, 0.25) is 17.6 Å². The van der Waals surface area contributed by atoms with E-state index in [0.29, 0.717) is 32.2 Å². The number of nitrogens with zero attached hydrogens (tertiary/aromatic N) is 3. The highest BCUT2D eigenvalue weighted by atomic mass is 32.2. The van der Waals surface area contributed by atoms with Gasteiger partial charge in [-0.15, -0.1) is 6.58 Å². The first-order valence-corrected chi connectivity index (χ1v) is 19.8. The lowest BCUT2D eigenvalue weighted by Crippen LogP contribution is -2.63. The van der Waals surface area contributed by atoms with Crippen molar-refractivity contribution >= 4 is 39.7 Å². The number of nitrogens with one attached hydrogen (secondary N) is 4. The highest BCUT2D eigenvalue weighted by Crippen LogP contribution is 2.41. The van der Waals surface area contributed by atoms with E-state index in [2.05, 4.69) is 27.8 Å². The van der Waals surface area contributed by atoms with Crippen LogP contribution < -0.4 is 21.3 Å². The van der Waals surface area contributed by atoms with E-state index in [0.717, 1.165) is 23.6 Å². The Labute approximate surface area is 306 Å².